The fraction of sp³-hybridized carbons (Fsp3) is 0.429. The van der Waals surface area contributed by atoms with Gasteiger partial charge in [0.15, 0.2) is 5.82 Å². The summed E-state index contributed by atoms with van der Waals surface area (Å²) in [6.07, 6.45) is 0.668. The molecule has 0 aliphatic heterocycles. The van der Waals surface area contributed by atoms with Gasteiger partial charge in [0.2, 0.25) is 0 Å². The molecule has 9 nitrogen and oxygen atoms in total. The van der Waals surface area contributed by atoms with Crippen molar-refractivity contribution in [3.8, 4) is 0 Å². The Labute approximate surface area is 131 Å². The molecule has 1 aliphatic rings. The maximum absolute atomic E-state index is 11.3. The van der Waals surface area contributed by atoms with Crippen LogP contribution in [0.25, 0.3) is 0 Å². The highest BCUT2D eigenvalue weighted by molar-refractivity contribution is 5.57. The number of carbonyl (C=O) groups is 1. The van der Waals surface area contributed by atoms with E-state index in [0.29, 0.717) is 24.5 Å². The standard InChI is InChI=1S/C14H17N5O4/c1-19-13(20)5-4-11(18-19)15-12-7-10(16-17-12)8-2-3-9(6-8)23-14(21)22/h4-5,7-9H,2-3,6H2,1H3,(H,21,22)(H2,15,16,17,18). The minimum absolute atomic E-state index is 0.166. The fourth-order valence-electron chi connectivity index (χ4n) is 2.78. The van der Waals surface area contributed by atoms with Gasteiger partial charge >= 0.3 is 6.16 Å². The number of nitrogens with one attached hydrogen (secondary N) is 2. The van der Waals surface area contributed by atoms with Crippen molar-refractivity contribution in [3.05, 3.63) is 34.2 Å². The van der Waals surface area contributed by atoms with Crippen molar-refractivity contribution in [2.24, 2.45) is 7.05 Å². The number of ether oxygens (including phenoxy) is 1. The Balaban J connectivity index is 1.65. The average Bonchev–Trinajstić information content (AvgIpc) is 3.11. The summed E-state index contributed by atoms with van der Waals surface area (Å²) in [6, 6.07) is 4.88. The molecule has 0 amide bonds. The van der Waals surface area contributed by atoms with Gasteiger partial charge in [-0.25, -0.2) is 9.48 Å². The minimum Gasteiger partial charge on any atom is -0.450 e. The number of nitrogens with zero attached hydrogens (tertiary/aromatic N) is 3. The third-order valence-corrected chi connectivity index (χ3v) is 3.89. The summed E-state index contributed by atoms with van der Waals surface area (Å²) in [5.74, 6) is 1.36. The van der Waals surface area contributed by atoms with Gasteiger partial charge in [-0.15, -0.1) is 0 Å². The lowest BCUT2D eigenvalue weighted by molar-refractivity contribution is 0.0540. The topological polar surface area (TPSA) is 122 Å². The summed E-state index contributed by atoms with van der Waals surface area (Å²) in [5, 5.41) is 22.9. The van der Waals surface area contributed by atoms with E-state index in [9.17, 15) is 9.59 Å². The highest BCUT2D eigenvalue weighted by Crippen LogP contribution is 2.35. The lowest BCUT2D eigenvalue weighted by Gasteiger charge is -2.08. The van der Waals surface area contributed by atoms with Gasteiger partial charge < -0.3 is 15.2 Å². The van der Waals surface area contributed by atoms with Gasteiger partial charge in [0.05, 0.1) is 5.69 Å². The number of anilines is 2. The summed E-state index contributed by atoms with van der Waals surface area (Å²) in [5.41, 5.74) is 0.671. The van der Waals surface area contributed by atoms with Crippen molar-refractivity contribution >= 4 is 17.8 Å². The van der Waals surface area contributed by atoms with E-state index in [2.05, 4.69) is 20.6 Å². The van der Waals surface area contributed by atoms with Gasteiger partial charge in [-0.3, -0.25) is 9.89 Å². The van der Waals surface area contributed by atoms with Crippen LogP contribution in [0.1, 0.15) is 30.9 Å². The zero-order valence-electron chi connectivity index (χ0n) is 12.5. The van der Waals surface area contributed by atoms with Crippen LogP contribution in [0.5, 0.6) is 0 Å². The Morgan fingerprint density at radius 1 is 1.48 bits per heavy atom. The van der Waals surface area contributed by atoms with Crippen LogP contribution in [0.3, 0.4) is 0 Å². The first-order valence-electron chi connectivity index (χ1n) is 7.27. The Hall–Kier alpha value is -2.84. The number of carboxylic acid groups (broad SMARTS) is 1. The Morgan fingerprint density at radius 2 is 2.30 bits per heavy atom. The highest BCUT2D eigenvalue weighted by Gasteiger charge is 2.30. The smallest absolute Gasteiger partial charge is 0.450 e. The van der Waals surface area contributed by atoms with E-state index in [1.807, 2.05) is 6.07 Å². The zero-order chi connectivity index (χ0) is 16.4. The minimum atomic E-state index is -1.24. The van der Waals surface area contributed by atoms with Crippen molar-refractivity contribution in [2.45, 2.75) is 31.3 Å². The molecule has 122 valence electrons. The van der Waals surface area contributed by atoms with Crippen molar-refractivity contribution in [2.75, 3.05) is 5.32 Å². The Morgan fingerprint density at radius 3 is 3.04 bits per heavy atom. The molecule has 1 aliphatic carbocycles. The predicted molar refractivity (Wildman–Crippen MR) is 80.8 cm³/mol. The maximum Gasteiger partial charge on any atom is 0.506 e. The first-order chi connectivity index (χ1) is 11.0. The number of rotatable bonds is 4. The lowest BCUT2D eigenvalue weighted by Crippen LogP contribution is -2.18. The predicted octanol–water partition coefficient (Wildman–Crippen LogP) is 1.58. The molecule has 0 saturated heterocycles. The second-order valence-corrected chi connectivity index (χ2v) is 5.53. The van der Waals surface area contributed by atoms with E-state index in [4.69, 9.17) is 9.84 Å². The van der Waals surface area contributed by atoms with Gasteiger partial charge in [0.25, 0.3) is 5.56 Å². The molecule has 9 heteroatoms. The Bertz CT molecular complexity index is 769. The van der Waals surface area contributed by atoms with E-state index in [0.717, 1.165) is 12.1 Å². The van der Waals surface area contributed by atoms with E-state index in [1.165, 1.54) is 10.7 Å². The molecule has 2 unspecified atom stereocenters. The van der Waals surface area contributed by atoms with E-state index in [-0.39, 0.29) is 17.6 Å². The number of hydrogen-bond donors (Lipinski definition) is 3. The van der Waals surface area contributed by atoms with Crippen LogP contribution >= 0.6 is 0 Å². The molecule has 0 aromatic carbocycles. The third kappa shape index (κ3) is 3.50. The molecule has 0 spiro atoms. The van der Waals surface area contributed by atoms with Crippen molar-refractivity contribution in [1.82, 2.24) is 20.0 Å². The monoisotopic (exact) mass is 319 g/mol. The molecule has 2 heterocycles. The Kier molecular flexibility index (Phi) is 4.00. The number of aromatic amines is 1. The summed E-state index contributed by atoms with van der Waals surface area (Å²) in [6.45, 7) is 0. The van der Waals surface area contributed by atoms with Crippen LogP contribution in [0, 0.1) is 0 Å². The van der Waals surface area contributed by atoms with Crippen LogP contribution in [0.2, 0.25) is 0 Å². The third-order valence-electron chi connectivity index (χ3n) is 3.89. The second-order valence-electron chi connectivity index (χ2n) is 5.53. The molecule has 3 rings (SSSR count). The lowest BCUT2D eigenvalue weighted by atomic mass is 10.0. The van der Waals surface area contributed by atoms with Crippen LogP contribution in [0.4, 0.5) is 16.4 Å². The maximum atomic E-state index is 11.3. The average molecular weight is 319 g/mol. The molecule has 2 atom stereocenters. The van der Waals surface area contributed by atoms with Crippen LogP contribution in [-0.4, -0.2) is 37.3 Å². The van der Waals surface area contributed by atoms with Crippen molar-refractivity contribution in [3.63, 3.8) is 0 Å². The van der Waals surface area contributed by atoms with Crippen molar-refractivity contribution < 1.29 is 14.6 Å². The number of H-pyrrole nitrogens is 1. The zero-order valence-corrected chi connectivity index (χ0v) is 12.5. The molecule has 1 fully saturated rings. The molecule has 2 aromatic rings. The number of aromatic nitrogens is 4. The summed E-state index contributed by atoms with van der Waals surface area (Å²) in [4.78, 5) is 21.9. The SMILES string of the molecule is Cn1nc(Nc2cc(C3CCC(OC(=O)O)C3)n[nH]2)ccc1=O. The fourth-order valence-corrected chi connectivity index (χ4v) is 2.78. The normalized spacial score (nSPS) is 20.4. The van der Waals surface area contributed by atoms with Crippen LogP contribution < -0.4 is 10.9 Å². The molecular weight excluding hydrogens is 302 g/mol. The summed E-state index contributed by atoms with van der Waals surface area (Å²) < 4.78 is 6.05. The first kappa shape index (κ1) is 15.1. The van der Waals surface area contributed by atoms with Gasteiger partial charge in [-0.2, -0.15) is 10.2 Å². The summed E-state index contributed by atoms with van der Waals surface area (Å²) >= 11 is 0. The van der Waals surface area contributed by atoms with Gasteiger partial charge in [-0.05, 0) is 25.3 Å². The molecule has 2 aromatic heterocycles. The van der Waals surface area contributed by atoms with Crippen molar-refractivity contribution in [1.29, 1.82) is 0 Å². The number of aryl methyl sites for hydroxylation is 1. The molecule has 23 heavy (non-hydrogen) atoms. The molecular formula is C14H17N5O4. The molecule has 0 radical (unpaired) electrons. The summed E-state index contributed by atoms with van der Waals surface area (Å²) in [7, 11) is 1.58. The van der Waals surface area contributed by atoms with E-state index >= 15 is 0 Å². The largest absolute Gasteiger partial charge is 0.506 e. The molecule has 0 bridgehead atoms. The highest BCUT2D eigenvalue weighted by atomic mass is 16.7. The molecule has 3 N–H and O–H groups in total. The van der Waals surface area contributed by atoms with E-state index < -0.39 is 6.16 Å². The van der Waals surface area contributed by atoms with Crippen LogP contribution in [0.15, 0.2) is 23.0 Å². The van der Waals surface area contributed by atoms with Crippen LogP contribution in [-0.2, 0) is 11.8 Å². The quantitative estimate of drug-likeness (QED) is 0.731. The van der Waals surface area contributed by atoms with Gasteiger partial charge in [-0.1, -0.05) is 0 Å². The van der Waals surface area contributed by atoms with Gasteiger partial charge in [0.1, 0.15) is 11.9 Å². The van der Waals surface area contributed by atoms with E-state index in [1.54, 1.807) is 13.1 Å². The first-order valence-corrected chi connectivity index (χ1v) is 7.27. The number of hydrogen-bond acceptors (Lipinski definition) is 6. The second kappa shape index (κ2) is 6.11. The van der Waals surface area contributed by atoms with Gasteiger partial charge in [0, 0.05) is 25.1 Å². The molecule has 1 saturated carbocycles.